The number of para-hydroxylation sites is 1. The van der Waals surface area contributed by atoms with Crippen molar-refractivity contribution in [3.63, 3.8) is 0 Å². The number of ether oxygens (including phenoxy) is 1. The Balaban J connectivity index is 1.97. The van der Waals surface area contributed by atoms with E-state index in [0.29, 0.717) is 22.6 Å². The lowest BCUT2D eigenvalue weighted by atomic mass is 10.3. The van der Waals surface area contributed by atoms with Crippen LogP contribution >= 0.6 is 15.9 Å². The molecule has 0 saturated carbocycles. The first-order valence-electron chi connectivity index (χ1n) is 6.41. The molecule has 0 aliphatic carbocycles. The Morgan fingerprint density at radius 2 is 2.05 bits per heavy atom. The number of carboxylic acid groups (broad SMARTS) is 1. The van der Waals surface area contributed by atoms with Crippen LogP contribution in [0, 0.1) is 0 Å². The summed E-state index contributed by atoms with van der Waals surface area (Å²) in [6, 6.07) is 12.8. The summed E-state index contributed by atoms with van der Waals surface area (Å²) in [6.45, 7) is -0.00753. The summed E-state index contributed by atoms with van der Waals surface area (Å²) < 4.78 is 12.1. The number of rotatable bonds is 4. The highest BCUT2D eigenvalue weighted by Crippen LogP contribution is 2.36. The normalized spacial score (nSPS) is 10.6. The number of carbonyl (C=O) groups is 1. The lowest BCUT2D eigenvalue weighted by molar-refractivity contribution is 0.193. The molecule has 3 aromatic rings. The molecule has 0 fully saturated rings. The van der Waals surface area contributed by atoms with Gasteiger partial charge in [-0.05, 0) is 40.2 Å². The van der Waals surface area contributed by atoms with Crippen molar-refractivity contribution in [2.45, 2.75) is 6.54 Å². The van der Waals surface area contributed by atoms with Crippen LogP contribution in [0.4, 0.5) is 4.79 Å². The van der Waals surface area contributed by atoms with Gasteiger partial charge in [0.2, 0.25) is 5.89 Å². The highest BCUT2D eigenvalue weighted by atomic mass is 79.9. The molecule has 0 aliphatic heterocycles. The number of amides is 1. The van der Waals surface area contributed by atoms with Crippen molar-refractivity contribution in [2.75, 3.05) is 0 Å². The highest BCUT2D eigenvalue weighted by Gasteiger charge is 2.15. The molecule has 6 nitrogen and oxygen atoms in total. The van der Waals surface area contributed by atoms with Crippen molar-refractivity contribution in [1.29, 1.82) is 0 Å². The van der Waals surface area contributed by atoms with E-state index in [1.54, 1.807) is 12.1 Å². The molecule has 0 bridgehead atoms. The first-order valence-corrected chi connectivity index (χ1v) is 7.20. The van der Waals surface area contributed by atoms with Crippen LogP contribution in [0.3, 0.4) is 0 Å². The van der Waals surface area contributed by atoms with Crippen LogP contribution in [-0.2, 0) is 6.54 Å². The van der Waals surface area contributed by atoms with Crippen molar-refractivity contribution in [3.8, 4) is 11.5 Å². The molecule has 0 aliphatic rings. The van der Waals surface area contributed by atoms with Crippen LogP contribution in [0.25, 0.3) is 11.1 Å². The van der Waals surface area contributed by atoms with E-state index in [-0.39, 0.29) is 12.4 Å². The number of nitrogens with one attached hydrogen (secondary N) is 1. The molecular formula is C15H11BrN2O4. The topological polar surface area (TPSA) is 84.6 Å². The number of oxazole rings is 1. The SMILES string of the molecule is O=C(O)NCc1nc2c(Oc3ccccc3)c(Br)ccc2o1. The van der Waals surface area contributed by atoms with Crippen molar-refractivity contribution in [3.05, 3.63) is 52.8 Å². The first kappa shape index (κ1) is 14.4. The van der Waals surface area contributed by atoms with Gasteiger partial charge in [0.25, 0.3) is 0 Å². The number of hydrogen-bond donors (Lipinski definition) is 2. The molecule has 1 amide bonds. The Labute approximate surface area is 133 Å². The molecule has 1 aromatic heterocycles. The zero-order valence-corrected chi connectivity index (χ0v) is 12.8. The maximum atomic E-state index is 10.5. The Hall–Kier alpha value is -2.54. The third kappa shape index (κ3) is 3.04. The van der Waals surface area contributed by atoms with E-state index in [4.69, 9.17) is 14.3 Å². The zero-order chi connectivity index (χ0) is 15.5. The molecule has 0 radical (unpaired) electrons. The van der Waals surface area contributed by atoms with E-state index in [1.165, 1.54) is 0 Å². The molecule has 0 spiro atoms. The number of fused-ring (bicyclic) bond motifs is 1. The van der Waals surface area contributed by atoms with Gasteiger partial charge in [-0.2, -0.15) is 0 Å². The van der Waals surface area contributed by atoms with Gasteiger partial charge in [0.15, 0.2) is 16.8 Å². The average Bonchev–Trinajstić information content (AvgIpc) is 2.93. The summed E-state index contributed by atoms with van der Waals surface area (Å²) in [7, 11) is 0. The summed E-state index contributed by atoms with van der Waals surface area (Å²) in [5.74, 6) is 1.46. The molecular weight excluding hydrogens is 352 g/mol. The van der Waals surface area contributed by atoms with Crippen LogP contribution in [0.5, 0.6) is 11.5 Å². The van der Waals surface area contributed by atoms with Gasteiger partial charge in [-0.3, -0.25) is 0 Å². The first-order chi connectivity index (χ1) is 10.6. The highest BCUT2D eigenvalue weighted by molar-refractivity contribution is 9.10. The number of aromatic nitrogens is 1. The zero-order valence-electron chi connectivity index (χ0n) is 11.2. The fourth-order valence-corrected chi connectivity index (χ4v) is 2.32. The monoisotopic (exact) mass is 362 g/mol. The van der Waals surface area contributed by atoms with Gasteiger partial charge in [0, 0.05) is 0 Å². The summed E-state index contributed by atoms with van der Waals surface area (Å²) in [5.41, 5.74) is 1.05. The van der Waals surface area contributed by atoms with Gasteiger partial charge in [-0.25, -0.2) is 9.78 Å². The lowest BCUT2D eigenvalue weighted by Crippen LogP contribution is -2.19. The molecule has 112 valence electrons. The summed E-state index contributed by atoms with van der Waals surface area (Å²) >= 11 is 3.43. The predicted molar refractivity (Wildman–Crippen MR) is 83.1 cm³/mol. The molecule has 2 aromatic carbocycles. The molecule has 0 unspecified atom stereocenters. The second-order valence-corrected chi connectivity index (χ2v) is 5.26. The van der Waals surface area contributed by atoms with E-state index in [2.05, 4.69) is 26.2 Å². The van der Waals surface area contributed by atoms with Crippen LogP contribution < -0.4 is 10.1 Å². The third-order valence-corrected chi connectivity index (χ3v) is 3.49. The third-order valence-electron chi connectivity index (χ3n) is 2.86. The van der Waals surface area contributed by atoms with Crippen LogP contribution in [0.1, 0.15) is 5.89 Å². The van der Waals surface area contributed by atoms with Crippen molar-refractivity contribution >= 4 is 33.1 Å². The smallest absolute Gasteiger partial charge is 0.405 e. The number of nitrogens with zero attached hydrogens (tertiary/aromatic N) is 1. The van der Waals surface area contributed by atoms with Gasteiger partial charge in [-0.15, -0.1) is 0 Å². The minimum atomic E-state index is -1.14. The number of hydrogen-bond acceptors (Lipinski definition) is 4. The molecule has 2 N–H and O–H groups in total. The fraction of sp³-hybridized carbons (Fsp3) is 0.0667. The largest absolute Gasteiger partial charge is 0.465 e. The maximum Gasteiger partial charge on any atom is 0.405 e. The minimum absolute atomic E-state index is 0.00753. The molecule has 3 rings (SSSR count). The number of benzene rings is 2. The minimum Gasteiger partial charge on any atom is -0.465 e. The molecule has 0 saturated heterocycles. The van der Waals surface area contributed by atoms with E-state index < -0.39 is 6.09 Å². The quantitative estimate of drug-likeness (QED) is 0.728. The van der Waals surface area contributed by atoms with Crippen molar-refractivity contribution in [2.24, 2.45) is 0 Å². The van der Waals surface area contributed by atoms with E-state index in [1.807, 2.05) is 30.3 Å². The second kappa shape index (κ2) is 6.07. The average molecular weight is 363 g/mol. The van der Waals surface area contributed by atoms with E-state index in [0.717, 1.165) is 4.47 Å². The second-order valence-electron chi connectivity index (χ2n) is 4.40. The van der Waals surface area contributed by atoms with Gasteiger partial charge >= 0.3 is 6.09 Å². The maximum absolute atomic E-state index is 10.5. The van der Waals surface area contributed by atoms with Gasteiger partial charge in [0.05, 0.1) is 11.0 Å². The van der Waals surface area contributed by atoms with Gasteiger partial charge in [-0.1, -0.05) is 18.2 Å². The fourth-order valence-electron chi connectivity index (χ4n) is 1.92. The van der Waals surface area contributed by atoms with Gasteiger partial charge < -0.3 is 19.6 Å². The summed E-state index contributed by atoms with van der Waals surface area (Å²) in [4.78, 5) is 14.8. The Kier molecular flexibility index (Phi) is 3.97. The molecule has 22 heavy (non-hydrogen) atoms. The molecule has 0 atom stereocenters. The Morgan fingerprint density at radius 1 is 1.27 bits per heavy atom. The predicted octanol–water partition coefficient (Wildman–Crippen LogP) is 4.15. The molecule has 7 heteroatoms. The Bertz CT molecular complexity index is 817. The van der Waals surface area contributed by atoms with Crippen molar-refractivity contribution < 1.29 is 19.1 Å². The van der Waals surface area contributed by atoms with Crippen LogP contribution in [0.15, 0.2) is 51.4 Å². The van der Waals surface area contributed by atoms with Crippen molar-refractivity contribution in [1.82, 2.24) is 10.3 Å². The van der Waals surface area contributed by atoms with E-state index in [9.17, 15) is 4.79 Å². The Morgan fingerprint density at radius 3 is 2.77 bits per heavy atom. The standard InChI is InChI=1S/C15H11BrN2O4/c16-10-6-7-11-13(18-12(22-11)8-17-15(19)20)14(10)21-9-4-2-1-3-5-9/h1-7,17H,8H2,(H,19,20). The molecule has 1 heterocycles. The summed E-state index contributed by atoms with van der Waals surface area (Å²) in [5, 5.41) is 10.8. The number of halogens is 1. The van der Waals surface area contributed by atoms with Crippen LogP contribution in [-0.4, -0.2) is 16.2 Å². The lowest BCUT2D eigenvalue weighted by Gasteiger charge is -2.07. The van der Waals surface area contributed by atoms with E-state index >= 15 is 0 Å². The summed E-state index contributed by atoms with van der Waals surface area (Å²) in [6.07, 6.45) is -1.14. The van der Waals surface area contributed by atoms with Gasteiger partial charge in [0.1, 0.15) is 5.75 Å². The van der Waals surface area contributed by atoms with Crippen LogP contribution in [0.2, 0.25) is 0 Å².